The predicted octanol–water partition coefficient (Wildman–Crippen LogP) is 2.41. The van der Waals surface area contributed by atoms with Crippen LogP contribution < -0.4 is 5.32 Å². The highest BCUT2D eigenvalue weighted by atomic mass is 32.2. The van der Waals surface area contributed by atoms with Crippen molar-refractivity contribution < 1.29 is 23.4 Å². The van der Waals surface area contributed by atoms with E-state index in [-0.39, 0.29) is 0 Å². The maximum Gasteiger partial charge on any atom is 0.322 e. The minimum absolute atomic E-state index is 0.781. The molecule has 2 unspecified atom stereocenters. The van der Waals surface area contributed by atoms with E-state index in [1.54, 1.807) is 0 Å². The van der Waals surface area contributed by atoms with E-state index >= 15 is 0 Å². The Morgan fingerprint density at radius 1 is 0.903 bits per heavy atom. The summed E-state index contributed by atoms with van der Waals surface area (Å²) >= 11 is 0. The van der Waals surface area contributed by atoms with Crippen LogP contribution in [0.25, 0.3) is 11.1 Å². The Labute approximate surface area is 181 Å². The number of carbonyl (C=O) groups is 1. The van der Waals surface area contributed by atoms with Crippen LogP contribution in [0.15, 0.2) is 78.9 Å². The molecule has 1 aliphatic rings. The predicted molar refractivity (Wildman–Crippen MR) is 118 cm³/mol. The maximum atomic E-state index is 12.4. The van der Waals surface area contributed by atoms with Crippen molar-refractivity contribution in [3.63, 3.8) is 0 Å². The standard InChI is InChI=1S/C24H23NO5S/c1-31(29,30)21(15-26)22(23(27)28)25-24(16-9-3-2-4-10-16)19-13-7-5-11-17(19)18-12-6-8-14-20(18)24/h2-14,21-22,25-26H,15H2,1H3,(H,27,28). The lowest BCUT2D eigenvalue weighted by molar-refractivity contribution is -0.140. The quantitative estimate of drug-likeness (QED) is 0.525. The third kappa shape index (κ3) is 3.44. The number of fused-ring (bicyclic) bond motifs is 3. The summed E-state index contributed by atoms with van der Waals surface area (Å²) in [5.74, 6) is -1.35. The normalized spacial score (nSPS) is 16.2. The maximum absolute atomic E-state index is 12.4. The van der Waals surface area contributed by atoms with Crippen LogP contribution in [0.4, 0.5) is 0 Å². The van der Waals surface area contributed by atoms with Gasteiger partial charge in [0, 0.05) is 6.26 Å². The number of hydrogen-bond donors (Lipinski definition) is 3. The topological polar surface area (TPSA) is 104 Å². The zero-order valence-corrected chi connectivity index (χ0v) is 17.7. The fourth-order valence-corrected chi connectivity index (χ4v) is 5.46. The molecule has 3 aromatic carbocycles. The molecular formula is C24H23NO5S. The van der Waals surface area contributed by atoms with E-state index in [0.29, 0.717) is 0 Å². The van der Waals surface area contributed by atoms with Gasteiger partial charge in [-0.1, -0.05) is 78.9 Å². The summed E-state index contributed by atoms with van der Waals surface area (Å²) in [6, 6.07) is 23.2. The van der Waals surface area contributed by atoms with Crippen molar-refractivity contribution in [3.05, 3.63) is 95.6 Å². The largest absolute Gasteiger partial charge is 0.480 e. The molecule has 4 rings (SSSR count). The summed E-state index contributed by atoms with van der Waals surface area (Å²) < 4.78 is 24.7. The zero-order chi connectivity index (χ0) is 22.2. The molecule has 1 aliphatic carbocycles. The first-order valence-electron chi connectivity index (χ1n) is 9.86. The number of rotatable bonds is 7. The van der Waals surface area contributed by atoms with Crippen LogP contribution in [-0.2, 0) is 20.2 Å². The minimum Gasteiger partial charge on any atom is -0.480 e. The van der Waals surface area contributed by atoms with Gasteiger partial charge in [-0.3, -0.25) is 10.1 Å². The monoisotopic (exact) mass is 437 g/mol. The Morgan fingerprint density at radius 2 is 1.39 bits per heavy atom. The summed E-state index contributed by atoms with van der Waals surface area (Å²) in [5.41, 5.74) is 3.23. The lowest BCUT2D eigenvalue weighted by Crippen LogP contribution is -2.58. The van der Waals surface area contributed by atoms with E-state index in [1.807, 2.05) is 78.9 Å². The van der Waals surface area contributed by atoms with Gasteiger partial charge in [0.25, 0.3) is 0 Å². The summed E-state index contributed by atoms with van der Waals surface area (Å²) in [7, 11) is -3.86. The van der Waals surface area contributed by atoms with Crippen LogP contribution in [0.1, 0.15) is 16.7 Å². The van der Waals surface area contributed by atoms with E-state index in [1.165, 1.54) is 0 Å². The molecule has 31 heavy (non-hydrogen) atoms. The van der Waals surface area contributed by atoms with Gasteiger partial charge in [-0.05, 0) is 27.8 Å². The highest BCUT2D eigenvalue weighted by Crippen LogP contribution is 2.51. The molecule has 7 heteroatoms. The second-order valence-corrected chi connectivity index (χ2v) is 9.98. The van der Waals surface area contributed by atoms with Crippen molar-refractivity contribution in [2.45, 2.75) is 16.8 Å². The second kappa shape index (κ2) is 7.92. The van der Waals surface area contributed by atoms with E-state index in [4.69, 9.17) is 0 Å². The molecular weight excluding hydrogens is 414 g/mol. The van der Waals surface area contributed by atoms with Crippen molar-refractivity contribution in [1.29, 1.82) is 0 Å². The molecule has 0 spiro atoms. The van der Waals surface area contributed by atoms with Crippen LogP contribution in [0, 0.1) is 0 Å². The molecule has 0 fully saturated rings. The average molecular weight is 438 g/mol. The molecule has 2 atom stereocenters. The number of nitrogens with one attached hydrogen (secondary N) is 1. The van der Waals surface area contributed by atoms with Gasteiger partial charge in [0.15, 0.2) is 9.84 Å². The molecule has 0 aromatic heterocycles. The molecule has 0 amide bonds. The molecule has 6 nitrogen and oxygen atoms in total. The molecule has 0 saturated heterocycles. The first-order chi connectivity index (χ1) is 14.8. The number of hydrogen-bond acceptors (Lipinski definition) is 5. The second-order valence-electron chi connectivity index (χ2n) is 7.72. The molecule has 160 valence electrons. The highest BCUT2D eigenvalue weighted by molar-refractivity contribution is 7.91. The fourth-order valence-electron chi connectivity index (χ4n) is 4.51. The summed E-state index contributed by atoms with van der Waals surface area (Å²) in [5, 5.41) is 21.5. The van der Waals surface area contributed by atoms with Crippen molar-refractivity contribution in [1.82, 2.24) is 5.32 Å². The van der Waals surface area contributed by atoms with Gasteiger partial charge >= 0.3 is 5.97 Å². The first kappa shape index (κ1) is 21.2. The molecule has 3 aromatic rings. The smallest absolute Gasteiger partial charge is 0.322 e. The Hall–Kier alpha value is -3.00. The van der Waals surface area contributed by atoms with Gasteiger partial charge in [-0.15, -0.1) is 0 Å². The number of sulfone groups is 1. The van der Waals surface area contributed by atoms with Crippen LogP contribution in [0.3, 0.4) is 0 Å². The number of benzene rings is 3. The van der Waals surface area contributed by atoms with Gasteiger partial charge in [-0.25, -0.2) is 8.42 Å². The summed E-state index contributed by atoms with van der Waals surface area (Å²) in [4.78, 5) is 12.3. The Kier molecular flexibility index (Phi) is 5.43. The van der Waals surface area contributed by atoms with Gasteiger partial charge < -0.3 is 10.2 Å². The average Bonchev–Trinajstić information content (AvgIpc) is 3.04. The Balaban J connectivity index is 2.02. The van der Waals surface area contributed by atoms with Crippen molar-refractivity contribution >= 4 is 15.8 Å². The lowest BCUT2D eigenvalue weighted by Gasteiger charge is -2.38. The van der Waals surface area contributed by atoms with Gasteiger partial charge in [-0.2, -0.15) is 0 Å². The van der Waals surface area contributed by atoms with Crippen LogP contribution in [0.5, 0.6) is 0 Å². The van der Waals surface area contributed by atoms with Gasteiger partial charge in [0.1, 0.15) is 11.3 Å². The Morgan fingerprint density at radius 3 is 1.84 bits per heavy atom. The molecule has 0 bridgehead atoms. The van der Waals surface area contributed by atoms with E-state index in [9.17, 15) is 23.4 Å². The number of aliphatic hydroxyl groups is 1. The van der Waals surface area contributed by atoms with Crippen LogP contribution in [-0.4, -0.2) is 48.8 Å². The number of aliphatic carboxylic acids is 1. The van der Waals surface area contributed by atoms with Crippen molar-refractivity contribution in [2.24, 2.45) is 0 Å². The summed E-state index contributed by atoms with van der Waals surface area (Å²) in [6.07, 6.45) is 0.942. The fraction of sp³-hybridized carbons (Fsp3) is 0.208. The van der Waals surface area contributed by atoms with E-state index in [0.717, 1.165) is 34.1 Å². The lowest BCUT2D eigenvalue weighted by atomic mass is 9.79. The third-order valence-corrected chi connectivity index (χ3v) is 7.42. The number of carboxylic acid groups (broad SMARTS) is 1. The van der Waals surface area contributed by atoms with Gasteiger partial charge in [0.05, 0.1) is 12.1 Å². The SMILES string of the molecule is CS(=O)(=O)C(CO)C(NC1(c2ccccc2)c2ccccc2-c2ccccc21)C(=O)O. The molecule has 0 heterocycles. The third-order valence-electron chi connectivity index (χ3n) is 5.90. The van der Waals surface area contributed by atoms with Gasteiger partial charge in [0.2, 0.25) is 0 Å². The molecule has 0 aliphatic heterocycles. The molecule has 0 saturated carbocycles. The zero-order valence-electron chi connectivity index (χ0n) is 16.9. The van der Waals surface area contributed by atoms with E-state index in [2.05, 4.69) is 5.32 Å². The molecule has 3 N–H and O–H groups in total. The van der Waals surface area contributed by atoms with Crippen LogP contribution >= 0.6 is 0 Å². The van der Waals surface area contributed by atoms with Crippen molar-refractivity contribution in [3.8, 4) is 11.1 Å². The number of aliphatic hydroxyl groups excluding tert-OH is 1. The first-order valence-corrected chi connectivity index (χ1v) is 11.8. The number of carboxylic acids is 1. The van der Waals surface area contributed by atoms with Crippen molar-refractivity contribution in [2.75, 3.05) is 12.9 Å². The summed E-state index contributed by atoms with van der Waals surface area (Å²) in [6.45, 7) is -0.809. The van der Waals surface area contributed by atoms with Crippen LogP contribution in [0.2, 0.25) is 0 Å². The minimum atomic E-state index is -3.86. The Bertz CT molecular complexity index is 1180. The van der Waals surface area contributed by atoms with E-state index < -0.39 is 39.2 Å². The molecule has 0 radical (unpaired) electrons. The highest BCUT2D eigenvalue weighted by Gasteiger charge is 2.49.